The molecule has 194 valence electrons. The predicted octanol–water partition coefficient (Wildman–Crippen LogP) is 11.1. The lowest BCUT2D eigenvalue weighted by atomic mass is 9.93. The molecule has 0 saturated heterocycles. The summed E-state index contributed by atoms with van der Waals surface area (Å²) in [5, 5.41) is 0. The maximum Gasteiger partial charge on any atom is 0.0153 e. The molecule has 0 aliphatic rings. The Morgan fingerprint density at radius 3 is 1.00 bits per heavy atom. The van der Waals surface area contributed by atoms with Crippen molar-refractivity contribution in [1.29, 1.82) is 0 Å². The molecule has 32 heavy (non-hydrogen) atoms. The highest BCUT2D eigenvalue weighted by atomic mass is 15.2. The molecule has 0 amide bonds. The van der Waals surface area contributed by atoms with E-state index < -0.39 is 0 Å². The van der Waals surface area contributed by atoms with Crippen LogP contribution in [0.15, 0.2) is 0 Å². The average Bonchev–Trinajstić information content (AvgIpc) is 2.78. The number of rotatable bonds is 26. The highest BCUT2D eigenvalue weighted by Crippen LogP contribution is 2.25. The normalized spacial score (nSPS) is 12.2. The molecule has 0 bridgehead atoms. The van der Waals surface area contributed by atoms with Gasteiger partial charge in [0.2, 0.25) is 0 Å². The van der Waals surface area contributed by atoms with Crippen LogP contribution in [-0.4, -0.2) is 23.5 Å². The molecule has 0 rings (SSSR count). The molecule has 0 spiro atoms. The second-order valence-corrected chi connectivity index (χ2v) is 11.3. The number of unbranched alkanes of at least 4 members (excludes halogenated alkanes) is 19. The van der Waals surface area contributed by atoms with Crippen molar-refractivity contribution < 1.29 is 0 Å². The average molecular weight is 452 g/mol. The summed E-state index contributed by atoms with van der Waals surface area (Å²) in [4.78, 5) is 2.88. The molecule has 0 aliphatic heterocycles. The molecule has 1 heteroatoms. The van der Waals surface area contributed by atoms with Crippen molar-refractivity contribution in [2.45, 2.75) is 188 Å². The Kier molecular flexibility index (Phi) is 24.1. The topological polar surface area (TPSA) is 3.24 Å². The first-order valence-corrected chi connectivity index (χ1v) is 15.3. The minimum Gasteiger partial charge on any atom is -0.298 e. The van der Waals surface area contributed by atoms with Crippen molar-refractivity contribution >= 4 is 0 Å². The molecule has 0 N–H and O–H groups in total. The van der Waals surface area contributed by atoms with Gasteiger partial charge in [-0.1, -0.05) is 149 Å². The number of hydrogen-bond acceptors (Lipinski definition) is 1. The minimum absolute atomic E-state index is 0.382. The van der Waals surface area contributed by atoms with Crippen LogP contribution in [0.1, 0.15) is 182 Å². The Labute approximate surface area is 205 Å². The fourth-order valence-electron chi connectivity index (χ4n) is 5.09. The van der Waals surface area contributed by atoms with Crippen LogP contribution in [0, 0.1) is 0 Å². The monoisotopic (exact) mass is 452 g/mol. The molecule has 1 nitrogen and oxygen atoms in total. The largest absolute Gasteiger partial charge is 0.298 e. The highest BCUT2D eigenvalue weighted by molar-refractivity contribution is 4.81. The van der Waals surface area contributed by atoms with Crippen LogP contribution in [0.2, 0.25) is 0 Å². The van der Waals surface area contributed by atoms with Crippen molar-refractivity contribution in [3.05, 3.63) is 0 Å². The van der Waals surface area contributed by atoms with Crippen molar-refractivity contribution in [2.75, 3.05) is 13.1 Å². The van der Waals surface area contributed by atoms with Crippen LogP contribution >= 0.6 is 0 Å². The zero-order valence-corrected chi connectivity index (χ0v) is 23.6. The predicted molar refractivity (Wildman–Crippen MR) is 149 cm³/mol. The molecule has 0 aromatic heterocycles. The maximum atomic E-state index is 2.88. The van der Waals surface area contributed by atoms with E-state index in [-0.39, 0.29) is 0 Å². The van der Waals surface area contributed by atoms with E-state index >= 15 is 0 Å². The smallest absolute Gasteiger partial charge is 0.0153 e. The van der Waals surface area contributed by atoms with Gasteiger partial charge in [-0.15, -0.1) is 0 Å². The van der Waals surface area contributed by atoms with E-state index in [1.165, 1.54) is 161 Å². The summed E-state index contributed by atoms with van der Waals surface area (Å²) in [6, 6.07) is 0. The van der Waals surface area contributed by atoms with Crippen molar-refractivity contribution in [3.8, 4) is 0 Å². The lowest BCUT2D eigenvalue weighted by molar-refractivity contribution is 0.102. The quantitative estimate of drug-likeness (QED) is 0.118. The third-order valence-electron chi connectivity index (χ3n) is 7.56. The first-order chi connectivity index (χ1) is 15.6. The highest BCUT2D eigenvalue weighted by Gasteiger charge is 2.25. The van der Waals surface area contributed by atoms with Gasteiger partial charge in [0.15, 0.2) is 0 Å². The minimum atomic E-state index is 0.382. The van der Waals surface area contributed by atoms with Gasteiger partial charge in [0, 0.05) is 5.54 Å². The number of nitrogens with zero attached hydrogens (tertiary/aromatic N) is 1. The van der Waals surface area contributed by atoms with E-state index in [0.29, 0.717) is 5.54 Å². The van der Waals surface area contributed by atoms with Crippen LogP contribution in [0.5, 0.6) is 0 Å². The molecule has 0 aromatic carbocycles. The summed E-state index contributed by atoms with van der Waals surface area (Å²) in [5.41, 5.74) is 0.382. The Bertz CT molecular complexity index is 328. The Hall–Kier alpha value is -0.0400. The molecule has 0 radical (unpaired) electrons. The van der Waals surface area contributed by atoms with Crippen molar-refractivity contribution in [2.24, 2.45) is 0 Å². The standard InChI is InChI=1S/C31H65N/c1-6-9-12-15-18-20-23-26-29-32(30-27-24-21-19-16-13-10-7-2)31(4,5)28-25-22-17-14-11-8-3/h6-30H2,1-5H3. The van der Waals surface area contributed by atoms with Gasteiger partial charge in [-0.2, -0.15) is 0 Å². The van der Waals surface area contributed by atoms with Gasteiger partial charge in [-0.25, -0.2) is 0 Å². The van der Waals surface area contributed by atoms with Crippen molar-refractivity contribution in [3.63, 3.8) is 0 Å². The van der Waals surface area contributed by atoms with Gasteiger partial charge in [0.25, 0.3) is 0 Å². The summed E-state index contributed by atoms with van der Waals surface area (Å²) in [6.45, 7) is 14.7. The Morgan fingerprint density at radius 1 is 0.375 bits per heavy atom. The zero-order valence-electron chi connectivity index (χ0n) is 23.6. The summed E-state index contributed by atoms with van der Waals surface area (Å²) in [6.07, 6.45) is 32.8. The molecule has 0 aromatic rings. The van der Waals surface area contributed by atoms with Crippen LogP contribution in [0.4, 0.5) is 0 Å². The van der Waals surface area contributed by atoms with E-state index in [1.807, 2.05) is 0 Å². The second-order valence-electron chi connectivity index (χ2n) is 11.3. The Balaban J connectivity index is 4.23. The second kappa shape index (κ2) is 24.1. The first-order valence-electron chi connectivity index (χ1n) is 15.3. The summed E-state index contributed by atoms with van der Waals surface area (Å²) >= 11 is 0. The van der Waals surface area contributed by atoms with Crippen LogP contribution in [0.3, 0.4) is 0 Å². The third-order valence-corrected chi connectivity index (χ3v) is 7.56. The van der Waals surface area contributed by atoms with Gasteiger partial charge in [-0.3, -0.25) is 4.90 Å². The van der Waals surface area contributed by atoms with E-state index in [1.54, 1.807) is 0 Å². The first kappa shape index (κ1) is 32.0. The van der Waals surface area contributed by atoms with Crippen LogP contribution < -0.4 is 0 Å². The molecule has 0 unspecified atom stereocenters. The molecule has 0 heterocycles. The van der Waals surface area contributed by atoms with E-state index in [4.69, 9.17) is 0 Å². The summed E-state index contributed by atoms with van der Waals surface area (Å²) in [7, 11) is 0. The SMILES string of the molecule is CCCCCCCCCCN(CCCCCCCCCC)C(C)(C)CCCCCCCC. The van der Waals surface area contributed by atoms with Gasteiger partial charge >= 0.3 is 0 Å². The van der Waals surface area contributed by atoms with E-state index in [0.717, 1.165) is 0 Å². The summed E-state index contributed by atoms with van der Waals surface area (Å²) in [5.74, 6) is 0. The lowest BCUT2D eigenvalue weighted by Gasteiger charge is -2.39. The lowest BCUT2D eigenvalue weighted by Crippen LogP contribution is -2.45. The molecule has 0 atom stereocenters. The number of hydrogen-bond donors (Lipinski definition) is 0. The van der Waals surface area contributed by atoms with Gasteiger partial charge in [-0.05, 0) is 46.2 Å². The molecule has 0 saturated carbocycles. The molecular weight excluding hydrogens is 386 g/mol. The van der Waals surface area contributed by atoms with Crippen molar-refractivity contribution in [1.82, 2.24) is 4.90 Å². The Morgan fingerprint density at radius 2 is 0.656 bits per heavy atom. The zero-order chi connectivity index (χ0) is 23.8. The van der Waals surface area contributed by atoms with E-state index in [9.17, 15) is 0 Å². The maximum absolute atomic E-state index is 2.88. The van der Waals surface area contributed by atoms with Crippen LogP contribution in [-0.2, 0) is 0 Å². The van der Waals surface area contributed by atoms with E-state index in [2.05, 4.69) is 39.5 Å². The fraction of sp³-hybridized carbons (Fsp3) is 1.00. The molecule has 0 fully saturated rings. The van der Waals surface area contributed by atoms with Crippen LogP contribution in [0.25, 0.3) is 0 Å². The molecule has 0 aliphatic carbocycles. The van der Waals surface area contributed by atoms with Gasteiger partial charge in [0.1, 0.15) is 0 Å². The van der Waals surface area contributed by atoms with Gasteiger partial charge in [0.05, 0.1) is 0 Å². The third kappa shape index (κ3) is 20.6. The fourth-order valence-corrected chi connectivity index (χ4v) is 5.09. The molecular formula is C31H65N. The summed E-state index contributed by atoms with van der Waals surface area (Å²) < 4.78 is 0. The van der Waals surface area contributed by atoms with Gasteiger partial charge < -0.3 is 0 Å².